The molecule has 0 fully saturated rings. The van der Waals surface area contributed by atoms with E-state index < -0.39 is 28.5 Å². The van der Waals surface area contributed by atoms with Crippen molar-refractivity contribution in [2.45, 2.75) is 51.6 Å². The van der Waals surface area contributed by atoms with Gasteiger partial charge in [-0.25, -0.2) is 8.42 Å². The Balaban J connectivity index is 2.06. The monoisotopic (exact) mass is 589 g/mol. The van der Waals surface area contributed by atoms with Gasteiger partial charge < -0.3 is 10.2 Å². The number of hydrogen-bond donors (Lipinski definition) is 1. The number of nitrogens with zero attached hydrogens (tertiary/aromatic N) is 2. The van der Waals surface area contributed by atoms with Crippen LogP contribution >= 0.6 is 23.2 Å². The molecule has 3 rings (SSSR count). The highest BCUT2D eigenvalue weighted by Gasteiger charge is 2.33. The van der Waals surface area contributed by atoms with Gasteiger partial charge >= 0.3 is 0 Å². The summed E-state index contributed by atoms with van der Waals surface area (Å²) in [6.45, 7) is 7.14. The summed E-state index contributed by atoms with van der Waals surface area (Å²) < 4.78 is 28.9. The van der Waals surface area contributed by atoms with E-state index in [2.05, 4.69) is 5.32 Å². The van der Waals surface area contributed by atoms with Crippen molar-refractivity contribution in [3.63, 3.8) is 0 Å². The number of aryl methyl sites for hydroxylation is 2. The molecule has 39 heavy (non-hydrogen) atoms. The first-order valence-electron chi connectivity index (χ1n) is 12.6. The third-order valence-corrected chi connectivity index (χ3v) is 8.53. The van der Waals surface area contributed by atoms with Gasteiger partial charge in [0.25, 0.3) is 10.0 Å². The third kappa shape index (κ3) is 7.75. The van der Waals surface area contributed by atoms with E-state index in [-0.39, 0.29) is 23.0 Å². The van der Waals surface area contributed by atoms with Gasteiger partial charge in [0.15, 0.2) is 0 Å². The average Bonchev–Trinajstić information content (AvgIpc) is 2.90. The fourth-order valence-corrected chi connectivity index (χ4v) is 5.86. The SMILES string of the molecule is CCCNC(=O)C(C)N(Cc1cccc(Cl)c1)C(=O)CN(c1cc(Cl)ccc1C)S(=O)(=O)c1ccc(C)cc1. The minimum atomic E-state index is -4.17. The second-order valence-corrected chi connectivity index (χ2v) is 12.1. The van der Waals surface area contributed by atoms with E-state index in [0.29, 0.717) is 27.7 Å². The molecule has 1 unspecified atom stereocenters. The first-order chi connectivity index (χ1) is 18.4. The van der Waals surface area contributed by atoms with Crippen LogP contribution in [0.15, 0.2) is 71.6 Å². The summed E-state index contributed by atoms with van der Waals surface area (Å²) in [5.74, 6) is -0.886. The van der Waals surface area contributed by atoms with Crippen LogP contribution in [0.1, 0.15) is 37.0 Å². The number of anilines is 1. The maximum Gasteiger partial charge on any atom is 0.264 e. The van der Waals surface area contributed by atoms with Crippen molar-refractivity contribution in [1.29, 1.82) is 0 Å². The zero-order valence-corrected chi connectivity index (χ0v) is 24.8. The summed E-state index contributed by atoms with van der Waals surface area (Å²) in [4.78, 5) is 28.3. The fraction of sp³-hybridized carbons (Fsp3) is 0.310. The molecular weight excluding hydrogens is 557 g/mol. The van der Waals surface area contributed by atoms with E-state index in [1.54, 1.807) is 62.4 Å². The minimum Gasteiger partial charge on any atom is -0.354 e. The van der Waals surface area contributed by atoms with E-state index in [1.807, 2.05) is 13.8 Å². The van der Waals surface area contributed by atoms with Crippen LogP contribution in [-0.2, 0) is 26.2 Å². The highest BCUT2D eigenvalue weighted by molar-refractivity contribution is 7.92. The zero-order valence-electron chi connectivity index (χ0n) is 22.4. The van der Waals surface area contributed by atoms with Crippen molar-refractivity contribution in [3.05, 3.63) is 93.5 Å². The first kappa shape index (κ1) is 30.5. The normalized spacial score (nSPS) is 12.1. The second-order valence-electron chi connectivity index (χ2n) is 9.37. The Hall–Kier alpha value is -3.07. The van der Waals surface area contributed by atoms with Crippen LogP contribution in [0.3, 0.4) is 0 Å². The van der Waals surface area contributed by atoms with Crippen LogP contribution in [0.2, 0.25) is 10.0 Å². The van der Waals surface area contributed by atoms with Gasteiger partial charge in [0.05, 0.1) is 10.6 Å². The molecule has 0 spiro atoms. The van der Waals surface area contributed by atoms with E-state index in [4.69, 9.17) is 23.2 Å². The Kier molecular flexibility index (Phi) is 10.4. The maximum atomic E-state index is 13.9. The summed E-state index contributed by atoms with van der Waals surface area (Å²) in [7, 11) is -4.17. The number of benzene rings is 3. The number of rotatable bonds is 11. The lowest BCUT2D eigenvalue weighted by atomic mass is 10.1. The lowest BCUT2D eigenvalue weighted by Gasteiger charge is -2.32. The van der Waals surface area contributed by atoms with Crippen molar-refractivity contribution < 1.29 is 18.0 Å². The molecule has 0 aromatic heterocycles. The summed E-state index contributed by atoms with van der Waals surface area (Å²) >= 11 is 12.4. The van der Waals surface area contributed by atoms with Gasteiger partial charge in [-0.2, -0.15) is 0 Å². The Labute approximate surface area is 240 Å². The van der Waals surface area contributed by atoms with Gasteiger partial charge in [-0.15, -0.1) is 0 Å². The predicted molar refractivity (Wildman–Crippen MR) is 157 cm³/mol. The largest absolute Gasteiger partial charge is 0.354 e. The highest BCUT2D eigenvalue weighted by Crippen LogP contribution is 2.30. The summed E-state index contributed by atoms with van der Waals surface area (Å²) in [6.07, 6.45) is 0.733. The van der Waals surface area contributed by atoms with Gasteiger partial charge in [0, 0.05) is 23.1 Å². The van der Waals surface area contributed by atoms with Crippen molar-refractivity contribution in [1.82, 2.24) is 10.2 Å². The summed E-state index contributed by atoms with van der Waals surface area (Å²) in [5, 5.41) is 3.64. The van der Waals surface area contributed by atoms with Crippen molar-refractivity contribution in [2.24, 2.45) is 0 Å². The highest BCUT2D eigenvalue weighted by atomic mass is 35.5. The molecule has 7 nitrogen and oxygen atoms in total. The molecule has 0 heterocycles. The smallest absolute Gasteiger partial charge is 0.264 e. The minimum absolute atomic E-state index is 0.0374. The molecule has 1 N–H and O–H groups in total. The molecule has 0 saturated carbocycles. The molecule has 0 aliphatic carbocycles. The van der Waals surface area contributed by atoms with Gasteiger partial charge in [0.2, 0.25) is 11.8 Å². The molecule has 0 radical (unpaired) electrons. The summed E-state index contributed by atoms with van der Waals surface area (Å²) in [5.41, 5.74) is 2.51. The van der Waals surface area contributed by atoms with Crippen molar-refractivity contribution in [3.8, 4) is 0 Å². The van der Waals surface area contributed by atoms with Gasteiger partial charge in [-0.3, -0.25) is 13.9 Å². The van der Waals surface area contributed by atoms with Crippen LogP contribution in [0.25, 0.3) is 0 Å². The van der Waals surface area contributed by atoms with E-state index in [0.717, 1.165) is 16.3 Å². The topological polar surface area (TPSA) is 86.8 Å². The molecule has 0 bridgehead atoms. The van der Waals surface area contributed by atoms with E-state index in [1.165, 1.54) is 23.1 Å². The molecule has 2 amide bonds. The number of carbonyl (C=O) groups excluding carboxylic acids is 2. The number of amides is 2. The average molecular weight is 591 g/mol. The predicted octanol–water partition coefficient (Wildman–Crippen LogP) is 5.75. The van der Waals surface area contributed by atoms with Crippen molar-refractivity contribution in [2.75, 3.05) is 17.4 Å². The van der Waals surface area contributed by atoms with Crippen LogP contribution in [0.4, 0.5) is 5.69 Å². The van der Waals surface area contributed by atoms with Crippen LogP contribution < -0.4 is 9.62 Å². The lowest BCUT2D eigenvalue weighted by Crippen LogP contribution is -2.51. The van der Waals surface area contributed by atoms with Crippen molar-refractivity contribution >= 4 is 50.7 Å². The maximum absolute atomic E-state index is 13.9. The number of nitrogens with one attached hydrogen (secondary N) is 1. The number of carbonyl (C=O) groups is 2. The molecule has 3 aromatic rings. The molecule has 0 saturated heterocycles. The molecule has 10 heteroatoms. The summed E-state index contributed by atoms with van der Waals surface area (Å²) in [6, 6.07) is 17.4. The standard InChI is InChI=1S/C29H33Cl2N3O4S/c1-5-15-32-29(36)22(4)33(18-23-7-6-8-24(30)16-23)28(35)19-34(27-17-25(31)12-11-21(27)3)39(37,38)26-13-9-20(2)10-14-26/h6-14,16-17,22H,5,15,18-19H2,1-4H3,(H,32,36). The number of hydrogen-bond acceptors (Lipinski definition) is 4. The molecule has 3 aromatic carbocycles. The number of sulfonamides is 1. The lowest BCUT2D eigenvalue weighted by molar-refractivity contribution is -0.139. The third-order valence-electron chi connectivity index (χ3n) is 6.29. The van der Waals surface area contributed by atoms with Gasteiger partial charge in [-0.1, -0.05) is 66.0 Å². The van der Waals surface area contributed by atoms with Crippen LogP contribution in [0, 0.1) is 13.8 Å². The zero-order chi connectivity index (χ0) is 28.7. The Morgan fingerprint density at radius 1 is 0.949 bits per heavy atom. The Morgan fingerprint density at radius 2 is 1.62 bits per heavy atom. The molecule has 1 atom stereocenters. The van der Waals surface area contributed by atoms with Crippen LogP contribution in [-0.4, -0.2) is 44.3 Å². The van der Waals surface area contributed by atoms with E-state index in [9.17, 15) is 18.0 Å². The Morgan fingerprint density at radius 3 is 2.26 bits per heavy atom. The molecule has 0 aliphatic heterocycles. The molecule has 208 valence electrons. The second kappa shape index (κ2) is 13.3. The quantitative estimate of drug-likeness (QED) is 0.308. The van der Waals surface area contributed by atoms with Gasteiger partial charge in [-0.05, 0) is 74.7 Å². The Bertz CT molecular complexity index is 1430. The number of halogens is 2. The molecule has 0 aliphatic rings. The first-order valence-corrected chi connectivity index (χ1v) is 14.8. The van der Waals surface area contributed by atoms with Gasteiger partial charge in [0.1, 0.15) is 12.6 Å². The molecular formula is C29H33Cl2N3O4S. The fourth-order valence-electron chi connectivity index (χ4n) is 4.01. The van der Waals surface area contributed by atoms with E-state index >= 15 is 0 Å². The van der Waals surface area contributed by atoms with Crippen LogP contribution in [0.5, 0.6) is 0 Å².